The number of ether oxygens (including phenoxy) is 1. The van der Waals surface area contributed by atoms with Crippen LogP contribution < -0.4 is 5.32 Å². The Bertz CT molecular complexity index is 1020. The predicted octanol–water partition coefficient (Wildman–Crippen LogP) is 3.25. The van der Waals surface area contributed by atoms with E-state index in [2.05, 4.69) is 25.4 Å². The third-order valence-electron chi connectivity index (χ3n) is 4.99. The van der Waals surface area contributed by atoms with Crippen molar-refractivity contribution in [1.29, 1.82) is 0 Å². The van der Waals surface area contributed by atoms with Crippen LogP contribution in [0.4, 0.5) is 10.7 Å². The number of likely N-dealkylation sites (tertiary alicyclic amines) is 1. The number of anilines is 1. The van der Waals surface area contributed by atoms with Crippen molar-refractivity contribution >= 4 is 17.7 Å². The Labute approximate surface area is 175 Å². The van der Waals surface area contributed by atoms with E-state index in [0.717, 1.165) is 36.4 Å². The van der Waals surface area contributed by atoms with Crippen LogP contribution in [0.5, 0.6) is 0 Å². The van der Waals surface area contributed by atoms with Gasteiger partial charge >= 0.3 is 6.09 Å². The molecule has 30 heavy (non-hydrogen) atoms. The zero-order valence-corrected chi connectivity index (χ0v) is 17.6. The molecule has 0 radical (unpaired) electrons. The SMILES string of the molecule is CC(C)(C)OC(=O)N1CCC(CNc2nccc(-c3ccn4nccc4n3)n2)CC1. The van der Waals surface area contributed by atoms with Crippen molar-refractivity contribution in [2.24, 2.45) is 5.92 Å². The standard InChI is InChI=1S/C21H27N7O2/c1-21(2,3)30-20(29)27-11-6-15(7-12-27)14-23-19-22-9-4-16(26-19)17-8-13-28-18(25-17)5-10-24-28/h4-5,8-10,13,15H,6-7,11-12,14H2,1-3H3,(H,22,23,26). The molecule has 3 aromatic rings. The van der Waals surface area contributed by atoms with E-state index in [1.54, 1.807) is 21.8 Å². The van der Waals surface area contributed by atoms with E-state index >= 15 is 0 Å². The highest BCUT2D eigenvalue weighted by Gasteiger charge is 2.26. The molecule has 158 valence electrons. The number of hydrogen-bond acceptors (Lipinski definition) is 7. The summed E-state index contributed by atoms with van der Waals surface area (Å²) in [6, 6.07) is 5.59. The Kier molecular flexibility index (Phi) is 5.52. The first-order chi connectivity index (χ1) is 14.4. The highest BCUT2D eigenvalue weighted by molar-refractivity contribution is 5.68. The number of carbonyl (C=O) groups excluding carboxylic acids is 1. The van der Waals surface area contributed by atoms with E-state index in [-0.39, 0.29) is 6.09 Å². The van der Waals surface area contributed by atoms with E-state index in [9.17, 15) is 4.79 Å². The molecule has 1 fully saturated rings. The lowest BCUT2D eigenvalue weighted by Crippen LogP contribution is -2.42. The first-order valence-electron chi connectivity index (χ1n) is 10.2. The van der Waals surface area contributed by atoms with Crippen LogP contribution in [0.2, 0.25) is 0 Å². The maximum atomic E-state index is 12.2. The molecule has 1 amide bonds. The van der Waals surface area contributed by atoms with E-state index in [0.29, 0.717) is 25.0 Å². The van der Waals surface area contributed by atoms with Gasteiger partial charge < -0.3 is 15.0 Å². The number of rotatable bonds is 4. The van der Waals surface area contributed by atoms with Crippen molar-refractivity contribution in [2.45, 2.75) is 39.2 Å². The quantitative estimate of drug-likeness (QED) is 0.706. The third-order valence-corrected chi connectivity index (χ3v) is 4.99. The van der Waals surface area contributed by atoms with E-state index in [1.165, 1.54) is 0 Å². The molecule has 4 rings (SSSR count). The number of carbonyl (C=O) groups is 1. The molecule has 9 nitrogen and oxygen atoms in total. The lowest BCUT2D eigenvalue weighted by atomic mass is 9.97. The van der Waals surface area contributed by atoms with Crippen LogP contribution in [0.3, 0.4) is 0 Å². The van der Waals surface area contributed by atoms with Crippen molar-refractivity contribution in [2.75, 3.05) is 25.0 Å². The lowest BCUT2D eigenvalue weighted by molar-refractivity contribution is 0.0188. The average Bonchev–Trinajstić information content (AvgIpc) is 3.19. The summed E-state index contributed by atoms with van der Waals surface area (Å²) in [6.45, 7) is 7.84. The van der Waals surface area contributed by atoms with E-state index in [4.69, 9.17) is 4.74 Å². The number of hydrogen-bond donors (Lipinski definition) is 1. The van der Waals surface area contributed by atoms with Gasteiger partial charge in [0.15, 0.2) is 5.65 Å². The molecule has 1 N–H and O–H groups in total. The number of amides is 1. The van der Waals surface area contributed by atoms with Crippen LogP contribution in [0.1, 0.15) is 33.6 Å². The summed E-state index contributed by atoms with van der Waals surface area (Å²) in [5, 5.41) is 7.50. The Morgan fingerprint density at radius 1 is 1.13 bits per heavy atom. The number of nitrogens with zero attached hydrogens (tertiary/aromatic N) is 6. The topological polar surface area (TPSA) is 97.5 Å². The average molecular weight is 409 g/mol. The first-order valence-corrected chi connectivity index (χ1v) is 10.2. The summed E-state index contributed by atoms with van der Waals surface area (Å²) in [4.78, 5) is 27.5. The second-order valence-electron chi connectivity index (χ2n) is 8.50. The second kappa shape index (κ2) is 8.25. The molecule has 1 aliphatic rings. The molecular weight excluding hydrogens is 382 g/mol. The fourth-order valence-corrected chi connectivity index (χ4v) is 3.42. The summed E-state index contributed by atoms with van der Waals surface area (Å²) in [5.41, 5.74) is 1.85. The summed E-state index contributed by atoms with van der Waals surface area (Å²) in [6.07, 6.45) is 6.93. The van der Waals surface area contributed by atoms with Gasteiger partial charge in [-0.2, -0.15) is 5.10 Å². The number of fused-ring (bicyclic) bond motifs is 1. The molecule has 1 aliphatic heterocycles. The van der Waals surface area contributed by atoms with Crippen molar-refractivity contribution < 1.29 is 9.53 Å². The zero-order chi connectivity index (χ0) is 21.1. The van der Waals surface area contributed by atoms with Gasteiger partial charge in [-0.15, -0.1) is 0 Å². The first kappa shape index (κ1) is 20.1. The fourth-order valence-electron chi connectivity index (χ4n) is 3.42. The van der Waals surface area contributed by atoms with Crippen molar-refractivity contribution in [3.63, 3.8) is 0 Å². The van der Waals surface area contributed by atoms with Gasteiger partial charge in [0.1, 0.15) is 5.60 Å². The molecule has 9 heteroatoms. The lowest BCUT2D eigenvalue weighted by Gasteiger charge is -2.33. The van der Waals surface area contributed by atoms with Crippen LogP contribution in [0, 0.1) is 5.92 Å². The van der Waals surface area contributed by atoms with Crippen molar-refractivity contribution in [3.05, 3.63) is 36.8 Å². The van der Waals surface area contributed by atoms with E-state index in [1.807, 2.05) is 45.2 Å². The molecule has 3 aromatic heterocycles. The summed E-state index contributed by atoms with van der Waals surface area (Å²) >= 11 is 0. The minimum atomic E-state index is -0.463. The van der Waals surface area contributed by atoms with Gasteiger partial charge in [-0.05, 0) is 51.7 Å². The molecule has 0 saturated carbocycles. The van der Waals surface area contributed by atoms with Gasteiger partial charge in [0.05, 0.1) is 17.6 Å². The molecule has 0 aromatic carbocycles. The van der Waals surface area contributed by atoms with Crippen LogP contribution in [0.25, 0.3) is 17.0 Å². The molecule has 0 unspecified atom stereocenters. The maximum absolute atomic E-state index is 12.2. The Hall–Kier alpha value is -3.23. The molecule has 0 atom stereocenters. The zero-order valence-electron chi connectivity index (χ0n) is 17.6. The summed E-state index contributed by atoms with van der Waals surface area (Å²) in [7, 11) is 0. The summed E-state index contributed by atoms with van der Waals surface area (Å²) in [5.74, 6) is 1.04. The third kappa shape index (κ3) is 4.84. The molecule has 4 heterocycles. The Morgan fingerprint density at radius 3 is 2.67 bits per heavy atom. The van der Waals surface area contributed by atoms with Crippen molar-refractivity contribution in [1.82, 2.24) is 29.5 Å². The van der Waals surface area contributed by atoms with Crippen molar-refractivity contribution in [3.8, 4) is 11.4 Å². The van der Waals surface area contributed by atoms with E-state index < -0.39 is 5.60 Å². The van der Waals surface area contributed by atoms with Gasteiger partial charge in [-0.1, -0.05) is 0 Å². The van der Waals surface area contributed by atoms with Gasteiger partial charge in [0.2, 0.25) is 5.95 Å². The smallest absolute Gasteiger partial charge is 0.410 e. The molecular formula is C21H27N7O2. The van der Waals surface area contributed by atoms with Gasteiger partial charge in [0.25, 0.3) is 0 Å². The highest BCUT2D eigenvalue weighted by atomic mass is 16.6. The minimum absolute atomic E-state index is 0.229. The number of piperidine rings is 1. The second-order valence-corrected chi connectivity index (χ2v) is 8.50. The highest BCUT2D eigenvalue weighted by Crippen LogP contribution is 2.21. The van der Waals surface area contributed by atoms with Gasteiger partial charge in [-0.3, -0.25) is 0 Å². The monoisotopic (exact) mass is 409 g/mol. The molecule has 0 spiro atoms. The van der Waals surface area contributed by atoms with Crippen LogP contribution in [0.15, 0.2) is 36.8 Å². The fraction of sp³-hybridized carbons (Fsp3) is 0.476. The van der Waals surface area contributed by atoms with Gasteiger partial charge in [-0.25, -0.2) is 24.3 Å². The molecule has 1 saturated heterocycles. The summed E-state index contributed by atoms with van der Waals surface area (Å²) < 4.78 is 7.17. The Balaban J connectivity index is 1.32. The largest absolute Gasteiger partial charge is 0.444 e. The van der Waals surface area contributed by atoms with Crippen LogP contribution in [-0.4, -0.2) is 60.8 Å². The van der Waals surface area contributed by atoms with Gasteiger partial charge in [0, 0.05) is 38.1 Å². The predicted molar refractivity (Wildman–Crippen MR) is 113 cm³/mol. The normalized spacial score (nSPS) is 15.4. The molecule has 0 aliphatic carbocycles. The minimum Gasteiger partial charge on any atom is -0.444 e. The number of aromatic nitrogens is 5. The Morgan fingerprint density at radius 2 is 1.90 bits per heavy atom. The van der Waals surface area contributed by atoms with Crippen LogP contribution >= 0.6 is 0 Å². The number of nitrogens with one attached hydrogen (secondary N) is 1. The maximum Gasteiger partial charge on any atom is 0.410 e. The van der Waals surface area contributed by atoms with Crippen LogP contribution in [-0.2, 0) is 4.74 Å². The molecule has 0 bridgehead atoms.